The molecule has 3 nitrogen and oxygen atoms in total. The molecule has 4 heteroatoms. The minimum absolute atomic E-state index is 0.0928. The topological polar surface area (TPSA) is 49.3 Å². The van der Waals surface area contributed by atoms with E-state index in [1.165, 1.54) is 0 Å². The van der Waals surface area contributed by atoms with Crippen molar-refractivity contribution in [3.8, 4) is 0 Å². The van der Waals surface area contributed by atoms with E-state index < -0.39 is 6.10 Å². The Morgan fingerprint density at radius 2 is 1.91 bits per heavy atom. The molecule has 2 N–H and O–H groups in total. The van der Waals surface area contributed by atoms with Gasteiger partial charge in [-0.05, 0) is 24.6 Å². The minimum Gasteiger partial charge on any atom is -0.387 e. The number of halogens is 1. The van der Waals surface area contributed by atoms with Crippen LogP contribution < -0.4 is 5.32 Å². The van der Waals surface area contributed by atoms with Crippen LogP contribution >= 0.6 is 15.9 Å². The van der Waals surface area contributed by atoms with Crippen LogP contribution in [0.3, 0.4) is 0 Å². The standard InChI is InChI=1S/C18H20BrNO2/c1-13(18(22)14-6-3-2-4-7-14)20-11-10-17(21)15-8-5-9-16(19)12-15/h2-9,12-13,18,20,22H,10-11H2,1H3. The van der Waals surface area contributed by atoms with Gasteiger partial charge in [-0.1, -0.05) is 58.4 Å². The molecule has 0 radical (unpaired) electrons. The molecular weight excluding hydrogens is 342 g/mol. The molecule has 0 bridgehead atoms. The zero-order valence-corrected chi connectivity index (χ0v) is 14.1. The lowest BCUT2D eigenvalue weighted by molar-refractivity contribution is 0.0972. The van der Waals surface area contributed by atoms with E-state index in [0.29, 0.717) is 18.5 Å². The highest BCUT2D eigenvalue weighted by molar-refractivity contribution is 9.10. The second-order valence-electron chi connectivity index (χ2n) is 5.28. The number of Topliss-reactive ketones (excluding diaryl/α,β-unsaturated/α-hetero) is 1. The molecule has 22 heavy (non-hydrogen) atoms. The lowest BCUT2D eigenvalue weighted by Crippen LogP contribution is -2.33. The van der Waals surface area contributed by atoms with Crippen LogP contribution in [0.15, 0.2) is 59.1 Å². The number of aliphatic hydroxyl groups excluding tert-OH is 1. The molecular formula is C18H20BrNO2. The highest BCUT2D eigenvalue weighted by atomic mass is 79.9. The van der Waals surface area contributed by atoms with Crippen molar-refractivity contribution in [1.29, 1.82) is 0 Å². The van der Waals surface area contributed by atoms with Crippen molar-refractivity contribution in [2.75, 3.05) is 6.54 Å². The van der Waals surface area contributed by atoms with Crippen molar-refractivity contribution in [2.24, 2.45) is 0 Å². The summed E-state index contributed by atoms with van der Waals surface area (Å²) in [7, 11) is 0. The van der Waals surface area contributed by atoms with Gasteiger partial charge in [-0.3, -0.25) is 4.79 Å². The van der Waals surface area contributed by atoms with Crippen LogP contribution in [-0.2, 0) is 0 Å². The zero-order valence-electron chi connectivity index (χ0n) is 12.5. The van der Waals surface area contributed by atoms with Crippen LogP contribution in [0.5, 0.6) is 0 Å². The van der Waals surface area contributed by atoms with Gasteiger partial charge in [-0.25, -0.2) is 0 Å². The second kappa shape index (κ2) is 8.22. The van der Waals surface area contributed by atoms with Crippen LogP contribution in [0.2, 0.25) is 0 Å². The monoisotopic (exact) mass is 361 g/mol. The second-order valence-corrected chi connectivity index (χ2v) is 6.20. The Balaban J connectivity index is 1.82. The first-order valence-corrected chi connectivity index (χ1v) is 8.12. The average Bonchev–Trinajstić information content (AvgIpc) is 2.54. The fraction of sp³-hybridized carbons (Fsp3) is 0.278. The van der Waals surface area contributed by atoms with E-state index in [-0.39, 0.29) is 11.8 Å². The van der Waals surface area contributed by atoms with E-state index in [2.05, 4.69) is 21.2 Å². The summed E-state index contributed by atoms with van der Waals surface area (Å²) in [6.07, 6.45) is -0.176. The maximum atomic E-state index is 12.1. The number of aliphatic hydroxyl groups is 1. The SMILES string of the molecule is CC(NCCC(=O)c1cccc(Br)c1)C(O)c1ccccc1. The number of rotatable bonds is 7. The largest absolute Gasteiger partial charge is 0.387 e. The van der Waals surface area contributed by atoms with Crippen molar-refractivity contribution >= 4 is 21.7 Å². The molecule has 2 rings (SSSR count). The van der Waals surface area contributed by atoms with Crippen LogP contribution in [0.25, 0.3) is 0 Å². The number of hydrogen-bond donors (Lipinski definition) is 2. The quantitative estimate of drug-likeness (QED) is 0.738. The molecule has 0 spiro atoms. The Morgan fingerprint density at radius 1 is 1.18 bits per heavy atom. The number of hydrogen-bond acceptors (Lipinski definition) is 3. The summed E-state index contributed by atoms with van der Waals surface area (Å²) in [5, 5.41) is 13.5. The molecule has 0 aliphatic rings. The maximum absolute atomic E-state index is 12.1. The normalized spacial score (nSPS) is 13.6. The van der Waals surface area contributed by atoms with Crippen molar-refractivity contribution in [3.05, 3.63) is 70.2 Å². The molecule has 0 aliphatic heterocycles. The molecule has 2 aromatic carbocycles. The van der Waals surface area contributed by atoms with Gasteiger partial charge < -0.3 is 10.4 Å². The molecule has 0 aliphatic carbocycles. The van der Waals surface area contributed by atoms with Crippen molar-refractivity contribution in [2.45, 2.75) is 25.5 Å². The average molecular weight is 362 g/mol. The zero-order chi connectivity index (χ0) is 15.9. The van der Waals surface area contributed by atoms with E-state index in [4.69, 9.17) is 0 Å². The van der Waals surface area contributed by atoms with Gasteiger partial charge in [-0.2, -0.15) is 0 Å². The first-order chi connectivity index (χ1) is 10.6. The summed E-state index contributed by atoms with van der Waals surface area (Å²) in [5.74, 6) is 0.0928. The third kappa shape index (κ3) is 4.77. The Morgan fingerprint density at radius 3 is 2.59 bits per heavy atom. The molecule has 2 atom stereocenters. The van der Waals surface area contributed by atoms with Crippen LogP contribution in [-0.4, -0.2) is 23.5 Å². The van der Waals surface area contributed by atoms with Crippen LogP contribution in [0.4, 0.5) is 0 Å². The summed E-state index contributed by atoms with van der Waals surface area (Å²) in [6.45, 7) is 2.46. The molecule has 0 saturated carbocycles. The van der Waals surface area contributed by atoms with Gasteiger partial charge >= 0.3 is 0 Å². The molecule has 2 aromatic rings. The predicted octanol–water partition coefficient (Wildman–Crippen LogP) is 3.73. The maximum Gasteiger partial charge on any atom is 0.164 e. The number of carbonyl (C=O) groups excluding carboxylic acids is 1. The highest BCUT2D eigenvalue weighted by Crippen LogP contribution is 2.16. The van der Waals surface area contributed by atoms with Crippen molar-refractivity contribution < 1.29 is 9.90 Å². The Labute approximate surface area is 139 Å². The third-order valence-electron chi connectivity index (χ3n) is 3.58. The first kappa shape index (κ1) is 16.9. The number of carbonyl (C=O) groups is 1. The third-order valence-corrected chi connectivity index (χ3v) is 4.07. The molecule has 0 heterocycles. The molecule has 0 aromatic heterocycles. The highest BCUT2D eigenvalue weighted by Gasteiger charge is 2.16. The van der Waals surface area contributed by atoms with Gasteiger partial charge in [0.05, 0.1) is 6.10 Å². The van der Waals surface area contributed by atoms with E-state index in [0.717, 1.165) is 10.0 Å². The van der Waals surface area contributed by atoms with Crippen LogP contribution in [0, 0.1) is 0 Å². The lowest BCUT2D eigenvalue weighted by Gasteiger charge is -2.20. The summed E-state index contributed by atoms with van der Waals surface area (Å²) in [6, 6.07) is 16.8. The van der Waals surface area contributed by atoms with Gasteiger partial charge in [-0.15, -0.1) is 0 Å². The fourth-order valence-electron chi connectivity index (χ4n) is 2.27. The van der Waals surface area contributed by atoms with Gasteiger partial charge in [0, 0.05) is 29.0 Å². The smallest absolute Gasteiger partial charge is 0.164 e. The van der Waals surface area contributed by atoms with E-state index >= 15 is 0 Å². The van der Waals surface area contributed by atoms with Crippen molar-refractivity contribution in [1.82, 2.24) is 5.32 Å². The van der Waals surface area contributed by atoms with Gasteiger partial charge in [0.2, 0.25) is 0 Å². The minimum atomic E-state index is -0.581. The van der Waals surface area contributed by atoms with E-state index in [1.807, 2.05) is 61.5 Å². The van der Waals surface area contributed by atoms with Gasteiger partial charge in [0.1, 0.15) is 0 Å². The van der Waals surface area contributed by atoms with Gasteiger partial charge in [0.25, 0.3) is 0 Å². The summed E-state index contributed by atoms with van der Waals surface area (Å²) >= 11 is 3.37. The molecule has 0 amide bonds. The molecule has 0 saturated heterocycles. The van der Waals surface area contributed by atoms with E-state index in [1.54, 1.807) is 0 Å². The van der Waals surface area contributed by atoms with E-state index in [9.17, 15) is 9.90 Å². The molecule has 116 valence electrons. The van der Waals surface area contributed by atoms with Gasteiger partial charge in [0.15, 0.2) is 5.78 Å². The van der Waals surface area contributed by atoms with Crippen molar-refractivity contribution in [3.63, 3.8) is 0 Å². The number of benzene rings is 2. The Bertz CT molecular complexity index is 615. The Kier molecular flexibility index (Phi) is 6.31. The molecule has 0 fully saturated rings. The summed E-state index contributed by atoms with van der Waals surface area (Å²) in [5.41, 5.74) is 1.58. The lowest BCUT2D eigenvalue weighted by atomic mass is 10.0. The first-order valence-electron chi connectivity index (χ1n) is 7.33. The number of ketones is 1. The van der Waals surface area contributed by atoms with Crippen LogP contribution in [0.1, 0.15) is 35.4 Å². The fourth-order valence-corrected chi connectivity index (χ4v) is 2.67. The Hall–Kier alpha value is -1.49. The summed E-state index contributed by atoms with van der Waals surface area (Å²) < 4.78 is 0.902. The summed E-state index contributed by atoms with van der Waals surface area (Å²) in [4.78, 5) is 12.1. The molecule has 2 unspecified atom stereocenters. The predicted molar refractivity (Wildman–Crippen MR) is 92.0 cm³/mol. The number of nitrogens with one attached hydrogen (secondary N) is 1.